The Bertz CT molecular complexity index is 333. The van der Waals surface area contributed by atoms with E-state index in [4.69, 9.17) is 10.5 Å². The van der Waals surface area contributed by atoms with Crippen LogP contribution in [-0.4, -0.2) is 18.9 Å². The van der Waals surface area contributed by atoms with Gasteiger partial charge in [0.05, 0.1) is 7.11 Å². The average Bonchev–Trinajstić information content (AvgIpc) is 2.27. The van der Waals surface area contributed by atoms with Crippen LogP contribution in [0, 0.1) is 5.82 Å². The van der Waals surface area contributed by atoms with Gasteiger partial charge in [-0.05, 0) is 31.2 Å². The van der Waals surface area contributed by atoms with Crippen molar-refractivity contribution in [3.8, 4) is 5.75 Å². The Morgan fingerprint density at radius 1 is 1.50 bits per heavy atom. The third-order valence-electron chi connectivity index (χ3n) is 2.34. The summed E-state index contributed by atoms with van der Waals surface area (Å²) in [5.41, 5.74) is 6.38. The Balaban J connectivity index is 2.61. The smallest absolute Gasteiger partial charge is 0.123 e. The van der Waals surface area contributed by atoms with Gasteiger partial charge in [-0.25, -0.2) is 4.39 Å². The average molecular weight is 243 g/mol. The molecule has 0 aromatic heterocycles. The van der Waals surface area contributed by atoms with Crippen LogP contribution in [0.15, 0.2) is 18.2 Å². The number of halogens is 1. The van der Waals surface area contributed by atoms with Crippen molar-refractivity contribution in [2.45, 2.75) is 24.3 Å². The summed E-state index contributed by atoms with van der Waals surface area (Å²) >= 11 is 1.77. The lowest BCUT2D eigenvalue weighted by molar-refractivity contribution is 0.410. The van der Waals surface area contributed by atoms with Crippen LogP contribution in [-0.2, 0) is 5.75 Å². The third-order valence-corrected chi connectivity index (χ3v) is 3.62. The number of ether oxygens (including phenoxy) is 1. The monoisotopic (exact) mass is 243 g/mol. The van der Waals surface area contributed by atoms with E-state index in [0.29, 0.717) is 11.8 Å². The van der Waals surface area contributed by atoms with E-state index in [-0.39, 0.29) is 5.82 Å². The fourth-order valence-corrected chi connectivity index (χ4v) is 2.40. The van der Waals surface area contributed by atoms with Gasteiger partial charge in [0.2, 0.25) is 0 Å². The highest BCUT2D eigenvalue weighted by molar-refractivity contribution is 7.99. The first-order valence-corrected chi connectivity index (χ1v) is 6.36. The molecule has 1 aromatic rings. The second-order valence-electron chi connectivity index (χ2n) is 3.66. The number of hydrogen-bond donors (Lipinski definition) is 1. The molecule has 1 unspecified atom stereocenters. The maximum Gasteiger partial charge on any atom is 0.123 e. The first-order chi connectivity index (χ1) is 7.67. The maximum absolute atomic E-state index is 13.1. The summed E-state index contributed by atoms with van der Waals surface area (Å²) in [6, 6.07) is 4.61. The van der Waals surface area contributed by atoms with E-state index in [2.05, 4.69) is 6.92 Å². The summed E-state index contributed by atoms with van der Waals surface area (Å²) < 4.78 is 18.3. The maximum atomic E-state index is 13.1. The number of hydrogen-bond acceptors (Lipinski definition) is 3. The second kappa shape index (κ2) is 6.76. The number of rotatable bonds is 6. The van der Waals surface area contributed by atoms with Crippen LogP contribution in [0.5, 0.6) is 5.75 Å². The predicted molar refractivity (Wildman–Crippen MR) is 67.4 cm³/mol. The van der Waals surface area contributed by atoms with Crippen LogP contribution in [0.4, 0.5) is 4.39 Å². The van der Waals surface area contributed by atoms with Gasteiger partial charge in [0.1, 0.15) is 11.6 Å². The van der Waals surface area contributed by atoms with Crippen LogP contribution in [0.2, 0.25) is 0 Å². The number of nitrogens with two attached hydrogens (primary N) is 1. The Hall–Kier alpha value is -0.740. The minimum atomic E-state index is -0.220. The molecule has 0 aliphatic rings. The molecule has 90 valence electrons. The molecule has 0 spiro atoms. The van der Waals surface area contributed by atoms with Crippen molar-refractivity contribution in [2.24, 2.45) is 5.73 Å². The van der Waals surface area contributed by atoms with Crippen LogP contribution in [0.1, 0.15) is 18.9 Å². The van der Waals surface area contributed by atoms with Crippen LogP contribution in [0.3, 0.4) is 0 Å². The highest BCUT2D eigenvalue weighted by Gasteiger charge is 2.07. The molecule has 1 aromatic carbocycles. The van der Waals surface area contributed by atoms with E-state index in [1.807, 2.05) is 0 Å². The molecule has 1 atom stereocenters. The minimum absolute atomic E-state index is 0.220. The minimum Gasteiger partial charge on any atom is -0.496 e. The molecule has 0 saturated carbocycles. The second-order valence-corrected chi connectivity index (χ2v) is 5.08. The molecular formula is C12H18FNOS. The molecule has 0 bridgehead atoms. The summed E-state index contributed by atoms with van der Waals surface area (Å²) in [4.78, 5) is 0. The van der Waals surface area contributed by atoms with Crippen molar-refractivity contribution in [3.05, 3.63) is 29.6 Å². The molecule has 0 fully saturated rings. The summed E-state index contributed by atoms with van der Waals surface area (Å²) in [7, 11) is 1.60. The quantitative estimate of drug-likeness (QED) is 0.834. The van der Waals surface area contributed by atoms with E-state index < -0.39 is 0 Å². The van der Waals surface area contributed by atoms with Gasteiger partial charge in [-0.2, -0.15) is 11.8 Å². The fourth-order valence-electron chi connectivity index (χ4n) is 1.41. The molecule has 4 heteroatoms. The molecule has 0 aliphatic heterocycles. The van der Waals surface area contributed by atoms with E-state index in [1.165, 1.54) is 12.1 Å². The number of benzene rings is 1. The number of methoxy groups -OCH3 is 1. The molecule has 2 N–H and O–H groups in total. The largest absolute Gasteiger partial charge is 0.496 e. The van der Waals surface area contributed by atoms with E-state index in [0.717, 1.165) is 23.5 Å². The van der Waals surface area contributed by atoms with Crippen molar-refractivity contribution in [2.75, 3.05) is 13.7 Å². The molecule has 0 radical (unpaired) electrons. The van der Waals surface area contributed by atoms with E-state index in [1.54, 1.807) is 24.9 Å². The van der Waals surface area contributed by atoms with Gasteiger partial charge in [-0.1, -0.05) is 6.92 Å². The summed E-state index contributed by atoms with van der Waals surface area (Å²) in [6.45, 7) is 2.82. The lowest BCUT2D eigenvalue weighted by atomic mass is 10.2. The number of thioether (sulfide) groups is 1. The highest BCUT2D eigenvalue weighted by atomic mass is 32.2. The van der Waals surface area contributed by atoms with Crippen LogP contribution < -0.4 is 10.5 Å². The molecule has 0 heterocycles. The zero-order valence-corrected chi connectivity index (χ0v) is 10.5. The van der Waals surface area contributed by atoms with Gasteiger partial charge in [-0.3, -0.25) is 0 Å². The van der Waals surface area contributed by atoms with Gasteiger partial charge in [0.15, 0.2) is 0 Å². The van der Waals surface area contributed by atoms with Gasteiger partial charge in [0.25, 0.3) is 0 Å². The third kappa shape index (κ3) is 4.02. The summed E-state index contributed by atoms with van der Waals surface area (Å²) in [6.07, 6.45) is 0.975. The van der Waals surface area contributed by atoms with Crippen molar-refractivity contribution >= 4 is 11.8 Å². The van der Waals surface area contributed by atoms with Crippen molar-refractivity contribution in [1.29, 1.82) is 0 Å². The predicted octanol–water partition coefficient (Wildman–Crippen LogP) is 2.80. The molecule has 1 rings (SSSR count). The normalized spacial score (nSPS) is 12.5. The Kier molecular flexibility index (Phi) is 5.63. The Morgan fingerprint density at radius 3 is 2.88 bits per heavy atom. The topological polar surface area (TPSA) is 35.2 Å². The lowest BCUT2D eigenvalue weighted by Crippen LogP contribution is -2.07. The van der Waals surface area contributed by atoms with Gasteiger partial charge in [-0.15, -0.1) is 0 Å². The lowest BCUT2D eigenvalue weighted by Gasteiger charge is -2.12. The first kappa shape index (κ1) is 13.3. The van der Waals surface area contributed by atoms with Crippen LogP contribution in [0.25, 0.3) is 0 Å². The Labute approximate surface area is 100 Å². The van der Waals surface area contributed by atoms with Crippen molar-refractivity contribution < 1.29 is 9.13 Å². The van der Waals surface area contributed by atoms with Gasteiger partial charge >= 0.3 is 0 Å². The Morgan fingerprint density at radius 2 is 2.25 bits per heavy atom. The van der Waals surface area contributed by atoms with Gasteiger partial charge in [0, 0.05) is 16.6 Å². The highest BCUT2D eigenvalue weighted by Crippen LogP contribution is 2.26. The van der Waals surface area contributed by atoms with E-state index >= 15 is 0 Å². The molecule has 0 amide bonds. The molecule has 16 heavy (non-hydrogen) atoms. The zero-order valence-electron chi connectivity index (χ0n) is 9.70. The first-order valence-electron chi connectivity index (χ1n) is 5.31. The van der Waals surface area contributed by atoms with E-state index in [9.17, 15) is 4.39 Å². The molecule has 2 nitrogen and oxygen atoms in total. The molecular weight excluding hydrogens is 225 g/mol. The van der Waals surface area contributed by atoms with Gasteiger partial charge < -0.3 is 10.5 Å². The summed E-state index contributed by atoms with van der Waals surface area (Å²) in [5, 5.41) is 0.484. The van der Waals surface area contributed by atoms with Crippen LogP contribution >= 0.6 is 11.8 Å². The molecule has 0 saturated heterocycles. The molecule has 0 aliphatic carbocycles. The standard InChI is InChI=1S/C12H18FNOS/c1-9(5-6-14)16-8-10-7-11(13)3-4-12(10)15-2/h3-4,7,9H,5-6,8,14H2,1-2H3. The SMILES string of the molecule is COc1ccc(F)cc1CSC(C)CCN. The summed E-state index contributed by atoms with van der Waals surface area (Å²) in [5.74, 6) is 1.28. The van der Waals surface area contributed by atoms with Crippen molar-refractivity contribution in [1.82, 2.24) is 0 Å². The van der Waals surface area contributed by atoms with Crippen molar-refractivity contribution in [3.63, 3.8) is 0 Å². The fraction of sp³-hybridized carbons (Fsp3) is 0.500. The zero-order chi connectivity index (χ0) is 12.0.